The summed E-state index contributed by atoms with van der Waals surface area (Å²) in [5.74, 6) is 0. The molecular weight excluding hydrogens is 364 g/mol. The maximum Gasteiger partial charge on any atom is 0.316 e. The van der Waals surface area contributed by atoms with Gasteiger partial charge < -0.3 is 9.30 Å². The third-order valence-corrected chi connectivity index (χ3v) is 5.27. The Kier molecular flexibility index (Phi) is 5.12. The van der Waals surface area contributed by atoms with Crippen molar-refractivity contribution >= 4 is 0 Å². The number of aryl methyl sites for hydroxylation is 3. The third kappa shape index (κ3) is 3.63. The molecule has 0 fully saturated rings. The summed E-state index contributed by atoms with van der Waals surface area (Å²) in [6.07, 6.45) is 5.43. The van der Waals surface area contributed by atoms with Crippen LogP contribution in [-0.4, -0.2) is 36.4 Å². The van der Waals surface area contributed by atoms with Crippen LogP contribution in [0.15, 0.2) is 49.1 Å². The molecule has 4 rings (SSSR count). The molecule has 0 unspecified atom stereocenters. The molecule has 29 heavy (non-hydrogen) atoms. The Hall–Kier alpha value is -3.48. The monoisotopic (exact) mass is 388 g/mol. The molecule has 0 N–H and O–H groups in total. The Morgan fingerprint density at radius 2 is 1.62 bits per heavy atom. The standard InChI is InChI=1S/C22H24N6O/c1-15-16(2)26-28(17(15)3)11-10-27-14-25-20(18-8-6-5-7-9-18)21(27)19-12-23-22(29-4)24-13-19/h5-9,12-14H,10-11H2,1-4H3. The Labute approximate surface area is 170 Å². The molecule has 0 atom stereocenters. The molecule has 0 radical (unpaired) electrons. The van der Waals surface area contributed by atoms with Gasteiger partial charge in [-0.05, 0) is 26.3 Å². The summed E-state index contributed by atoms with van der Waals surface area (Å²) in [7, 11) is 1.56. The molecule has 0 amide bonds. The van der Waals surface area contributed by atoms with Gasteiger partial charge in [0.2, 0.25) is 0 Å². The summed E-state index contributed by atoms with van der Waals surface area (Å²) in [5, 5.41) is 4.66. The first-order valence-corrected chi connectivity index (χ1v) is 9.56. The van der Waals surface area contributed by atoms with Gasteiger partial charge >= 0.3 is 6.01 Å². The number of rotatable bonds is 6. The summed E-state index contributed by atoms with van der Waals surface area (Å²) in [4.78, 5) is 13.3. The van der Waals surface area contributed by atoms with Crippen molar-refractivity contribution < 1.29 is 4.74 Å². The van der Waals surface area contributed by atoms with Crippen LogP contribution >= 0.6 is 0 Å². The van der Waals surface area contributed by atoms with E-state index in [9.17, 15) is 0 Å². The number of aromatic nitrogens is 6. The molecule has 0 aliphatic rings. The number of methoxy groups -OCH3 is 1. The summed E-state index contributed by atoms with van der Waals surface area (Å²) < 4.78 is 9.30. The van der Waals surface area contributed by atoms with Gasteiger partial charge in [0.1, 0.15) is 0 Å². The van der Waals surface area contributed by atoms with Crippen molar-refractivity contribution in [3.05, 3.63) is 66.0 Å². The van der Waals surface area contributed by atoms with E-state index in [1.807, 2.05) is 31.5 Å². The molecule has 0 saturated carbocycles. The van der Waals surface area contributed by atoms with Gasteiger partial charge in [0.05, 0.1) is 37.1 Å². The zero-order valence-corrected chi connectivity index (χ0v) is 17.1. The first-order valence-electron chi connectivity index (χ1n) is 9.56. The van der Waals surface area contributed by atoms with E-state index in [1.54, 1.807) is 19.5 Å². The van der Waals surface area contributed by atoms with Crippen LogP contribution < -0.4 is 4.74 Å². The minimum absolute atomic E-state index is 0.346. The molecule has 148 valence electrons. The lowest BCUT2D eigenvalue weighted by atomic mass is 10.1. The fraction of sp³-hybridized carbons (Fsp3) is 0.273. The van der Waals surface area contributed by atoms with Gasteiger partial charge in [-0.2, -0.15) is 5.10 Å². The number of nitrogens with zero attached hydrogens (tertiary/aromatic N) is 6. The van der Waals surface area contributed by atoms with E-state index in [-0.39, 0.29) is 0 Å². The number of imidazole rings is 1. The Morgan fingerprint density at radius 1 is 0.897 bits per heavy atom. The van der Waals surface area contributed by atoms with Gasteiger partial charge in [0, 0.05) is 35.8 Å². The average molecular weight is 388 g/mol. The van der Waals surface area contributed by atoms with Gasteiger partial charge in [-0.15, -0.1) is 0 Å². The smallest absolute Gasteiger partial charge is 0.316 e. The van der Waals surface area contributed by atoms with Crippen LogP contribution in [0.5, 0.6) is 6.01 Å². The number of benzene rings is 1. The SMILES string of the molecule is COc1ncc(-c2c(-c3ccccc3)ncn2CCn2nc(C)c(C)c2C)cn1. The van der Waals surface area contributed by atoms with E-state index in [2.05, 4.69) is 50.3 Å². The molecule has 3 aromatic heterocycles. The normalized spacial score (nSPS) is 11.0. The van der Waals surface area contributed by atoms with E-state index < -0.39 is 0 Å². The van der Waals surface area contributed by atoms with Crippen molar-refractivity contribution in [1.29, 1.82) is 0 Å². The third-order valence-electron chi connectivity index (χ3n) is 5.27. The summed E-state index contributed by atoms with van der Waals surface area (Å²) in [6, 6.07) is 10.5. The Morgan fingerprint density at radius 3 is 2.24 bits per heavy atom. The maximum absolute atomic E-state index is 5.11. The van der Waals surface area contributed by atoms with Gasteiger partial charge in [0.15, 0.2) is 0 Å². The lowest BCUT2D eigenvalue weighted by molar-refractivity contribution is 0.380. The van der Waals surface area contributed by atoms with E-state index in [0.717, 1.165) is 41.3 Å². The van der Waals surface area contributed by atoms with Crippen molar-refractivity contribution in [2.45, 2.75) is 33.9 Å². The van der Waals surface area contributed by atoms with Crippen LogP contribution in [0.4, 0.5) is 0 Å². The molecule has 1 aromatic carbocycles. The van der Waals surface area contributed by atoms with Crippen LogP contribution in [0.3, 0.4) is 0 Å². The van der Waals surface area contributed by atoms with Crippen molar-refractivity contribution in [2.24, 2.45) is 0 Å². The molecular formula is C22H24N6O. The van der Waals surface area contributed by atoms with Crippen LogP contribution in [0, 0.1) is 20.8 Å². The number of ether oxygens (including phenoxy) is 1. The van der Waals surface area contributed by atoms with Crippen LogP contribution in [0.2, 0.25) is 0 Å². The van der Waals surface area contributed by atoms with Crippen LogP contribution in [0.1, 0.15) is 17.0 Å². The first kappa shape index (κ1) is 18.9. The molecule has 0 spiro atoms. The zero-order valence-electron chi connectivity index (χ0n) is 17.1. The number of hydrogen-bond acceptors (Lipinski definition) is 5. The number of hydrogen-bond donors (Lipinski definition) is 0. The van der Waals surface area contributed by atoms with E-state index in [0.29, 0.717) is 6.01 Å². The lowest BCUT2D eigenvalue weighted by Gasteiger charge is -2.11. The Balaban J connectivity index is 1.73. The predicted octanol–water partition coefficient (Wildman–Crippen LogP) is 3.84. The molecule has 7 heteroatoms. The second kappa shape index (κ2) is 7.87. The highest BCUT2D eigenvalue weighted by Gasteiger charge is 2.17. The van der Waals surface area contributed by atoms with Crippen molar-refractivity contribution in [2.75, 3.05) is 7.11 Å². The largest absolute Gasteiger partial charge is 0.467 e. The average Bonchev–Trinajstić information content (AvgIpc) is 3.29. The highest BCUT2D eigenvalue weighted by Crippen LogP contribution is 2.31. The predicted molar refractivity (Wildman–Crippen MR) is 112 cm³/mol. The van der Waals surface area contributed by atoms with Crippen LogP contribution in [0.25, 0.3) is 22.5 Å². The lowest BCUT2D eigenvalue weighted by Crippen LogP contribution is -2.10. The fourth-order valence-electron chi connectivity index (χ4n) is 3.41. The highest BCUT2D eigenvalue weighted by atomic mass is 16.5. The van der Waals surface area contributed by atoms with E-state index in [4.69, 9.17) is 9.72 Å². The molecule has 0 aliphatic heterocycles. The topological polar surface area (TPSA) is 70.7 Å². The molecule has 4 aromatic rings. The van der Waals surface area contributed by atoms with Gasteiger partial charge in [-0.1, -0.05) is 30.3 Å². The molecule has 3 heterocycles. The fourth-order valence-corrected chi connectivity index (χ4v) is 3.41. The van der Waals surface area contributed by atoms with Crippen molar-refractivity contribution in [3.63, 3.8) is 0 Å². The second-order valence-electron chi connectivity index (χ2n) is 6.98. The molecule has 0 bridgehead atoms. The summed E-state index contributed by atoms with van der Waals surface area (Å²) >= 11 is 0. The maximum atomic E-state index is 5.11. The van der Waals surface area contributed by atoms with Crippen molar-refractivity contribution in [1.82, 2.24) is 29.3 Å². The first-order chi connectivity index (χ1) is 14.1. The summed E-state index contributed by atoms with van der Waals surface area (Å²) in [6.45, 7) is 7.76. The second-order valence-corrected chi connectivity index (χ2v) is 6.98. The van der Waals surface area contributed by atoms with Crippen molar-refractivity contribution in [3.8, 4) is 28.5 Å². The van der Waals surface area contributed by atoms with E-state index >= 15 is 0 Å². The summed E-state index contributed by atoms with van der Waals surface area (Å²) in [5.41, 5.74) is 7.35. The van der Waals surface area contributed by atoms with E-state index in [1.165, 1.54) is 11.3 Å². The molecule has 0 aliphatic carbocycles. The zero-order chi connectivity index (χ0) is 20.4. The van der Waals surface area contributed by atoms with Gasteiger partial charge in [-0.3, -0.25) is 4.68 Å². The quantitative estimate of drug-likeness (QED) is 0.502. The highest BCUT2D eigenvalue weighted by molar-refractivity contribution is 5.77. The van der Waals surface area contributed by atoms with Gasteiger partial charge in [-0.25, -0.2) is 15.0 Å². The molecule has 7 nitrogen and oxygen atoms in total. The van der Waals surface area contributed by atoms with Crippen LogP contribution in [-0.2, 0) is 13.1 Å². The minimum atomic E-state index is 0.346. The van der Waals surface area contributed by atoms with Gasteiger partial charge in [0.25, 0.3) is 0 Å². The molecule has 0 saturated heterocycles. The Bertz CT molecular complexity index is 1110. The minimum Gasteiger partial charge on any atom is -0.467 e.